The lowest BCUT2D eigenvalue weighted by molar-refractivity contribution is 0.660. The first-order valence-electron chi connectivity index (χ1n) is 20.3. The van der Waals surface area contributed by atoms with Gasteiger partial charge in [0.25, 0.3) is 0 Å². The molecule has 10 aromatic carbocycles. The van der Waals surface area contributed by atoms with Crippen molar-refractivity contribution in [1.82, 2.24) is 0 Å². The fourth-order valence-electron chi connectivity index (χ4n) is 9.57. The fraction of sp³-hybridized carbons (Fsp3) is 0.0526. The molecule has 0 saturated heterocycles. The van der Waals surface area contributed by atoms with E-state index in [4.69, 9.17) is 0 Å². The topological polar surface area (TPSA) is 3.24 Å². The third kappa shape index (κ3) is 5.46. The number of hydrogen-bond donors (Lipinski definition) is 0. The molecule has 0 heterocycles. The first kappa shape index (κ1) is 34.1. The van der Waals surface area contributed by atoms with E-state index in [9.17, 15) is 0 Å². The number of hydrogen-bond acceptors (Lipinski definition) is 1. The molecule has 0 aromatic heterocycles. The van der Waals surface area contributed by atoms with E-state index in [1.54, 1.807) is 0 Å². The largest absolute Gasteiger partial charge is 0.310 e. The van der Waals surface area contributed by atoms with E-state index in [0.29, 0.717) is 0 Å². The van der Waals surface area contributed by atoms with Crippen molar-refractivity contribution >= 4 is 49.4 Å². The van der Waals surface area contributed by atoms with E-state index >= 15 is 0 Å². The Morgan fingerprint density at radius 2 is 0.862 bits per heavy atom. The van der Waals surface area contributed by atoms with Crippen molar-refractivity contribution in [3.05, 3.63) is 223 Å². The van der Waals surface area contributed by atoms with Crippen molar-refractivity contribution in [3.63, 3.8) is 0 Å². The quantitative estimate of drug-likeness (QED) is 0.164. The summed E-state index contributed by atoms with van der Waals surface area (Å²) in [6.07, 6.45) is 0. The SMILES string of the molecule is CC1(C)c2ccccc2-c2c(-c3cccc4c(N(c5ccc(-c6ccc7ccccc7c6)cc5)c5ccc(-c6cccc7ccccc67)cc5)cccc34)cccc21. The van der Waals surface area contributed by atoms with Crippen LogP contribution in [-0.2, 0) is 5.41 Å². The van der Waals surface area contributed by atoms with Crippen LogP contribution in [0.2, 0.25) is 0 Å². The second-order valence-electron chi connectivity index (χ2n) is 16.1. The predicted octanol–water partition coefficient (Wildman–Crippen LogP) is 15.9. The molecule has 1 aliphatic rings. The molecule has 0 spiro atoms. The van der Waals surface area contributed by atoms with Crippen LogP contribution in [0.4, 0.5) is 17.1 Å². The highest BCUT2D eigenvalue weighted by atomic mass is 15.1. The van der Waals surface area contributed by atoms with Crippen LogP contribution in [0.25, 0.3) is 76.8 Å². The highest BCUT2D eigenvalue weighted by Crippen LogP contribution is 2.53. The number of benzene rings is 10. The van der Waals surface area contributed by atoms with E-state index in [2.05, 4.69) is 231 Å². The molecule has 58 heavy (non-hydrogen) atoms. The summed E-state index contributed by atoms with van der Waals surface area (Å²) >= 11 is 0. The smallest absolute Gasteiger partial charge is 0.0540 e. The summed E-state index contributed by atoms with van der Waals surface area (Å²) in [5.41, 5.74) is 16.2. The Morgan fingerprint density at radius 1 is 0.328 bits per heavy atom. The Bertz CT molecular complexity index is 3180. The van der Waals surface area contributed by atoms with E-state index < -0.39 is 0 Å². The third-order valence-corrected chi connectivity index (χ3v) is 12.5. The molecule has 0 bridgehead atoms. The summed E-state index contributed by atoms with van der Waals surface area (Å²) in [6, 6.07) is 78.2. The molecule has 0 unspecified atom stereocenters. The minimum Gasteiger partial charge on any atom is -0.310 e. The van der Waals surface area contributed by atoms with Gasteiger partial charge in [0.15, 0.2) is 0 Å². The van der Waals surface area contributed by atoms with Gasteiger partial charge in [-0.15, -0.1) is 0 Å². The van der Waals surface area contributed by atoms with Crippen molar-refractivity contribution in [2.45, 2.75) is 19.3 Å². The van der Waals surface area contributed by atoms with Crippen LogP contribution in [0.1, 0.15) is 25.0 Å². The predicted molar refractivity (Wildman–Crippen MR) is 248 cm³/mol. The lowest BCUT2D eigenvalue weighted by atomic mass is 9.82. The molecule has 0 amide bonds. The number of nitrogens with zero attached hydrogens (tertiary/aromatic N) is 1. The van der Waals surface area contributed by atoms with Crippen molar-refractivity contribution in [1.29, 1.82) is 0 Å². The molecule has 1 heteroatoms. The van der Waals surface area contributed by atoms with Crippen LogP contribution in [0, 0.1) is 0 Å². The van der Waals surface area contributed by atoms with Crippen molar-refractivity contribution in [3.8, 4) is 44.5 Å². The van der Waals surface area contributed by atoms with Crippen LogP contribution in [0.3, 0.4) is 0 Å². The maximum absolute atomic E-state index is 2.43. The van der Waals surface area contributed by atoms with E-state index in [0.717, 1.165) is 17.1 Å². The van der Waals surface area contributed by atoms with Gasteiger partial charge in [-0.3, -0.25) is 0 Å². The van der Waals surface area contributed by atoms with Crippen LogP contribution >= 0.6 is 0 Å². The Labute approximate surface area is 340 Å². The zero-order chi connectivity index (χ0) is 38.8. The van der Waals surface area contributed by atoms with Crippen LogP contribution in [0.5, 0.6) is 0 Å². The van der Waals surface area contributed by atoms with Gasteiger partial charge in [-0.2, -0.15) is 0 Å². The maximum atomic E-state index is 2.43. The maximum Gasteiger partial charge on any atom is 0.0540 e. The zero-order valence-electron chi connectivity index (χ0n) is 32.7. The molecule has 0 atom stereocenters. The molecule has 11 rings (SSSR count). The summed E-state index contributed by atoms with van der Waals surface area (Å²) < 4.78 is 0. The van der Waals surface area contributed by atoms with Crippen LogP contribution < -0.4 is 4.90 Å². The van der Waals surface area contributed by atoms with E-state index in [1.165, 1.54) is 88.0 Å². The Kier molecular flexibility index (Phi) is 7.91. The standard InChI is InChI=1S/C57H41N/c1-57(2)53-24-8-7-18-52(53)56-51(23-11-25-54(56)57)49-20-10-22-50-48(49)21-12-26-55(50)58(44-33-29-39(30-34-44)43-28-27-38-13-3-4-15-42(38)37-43)45-35-31-41(32-36-45)47-19-9-16-40-14-5-6-17-46(40)47/h3-37H,1-2H3. The van der Waals surface area contributed by atoms with Crippen LogP contribution in [-0.4, -0.2) is 0 Å². The van der Waals surface area contributed by atoms with Gasteiger partial charge in [0.05, 0.1) is 5.69 Å². The van der Waals surface area contributed by atoms with Gasteiger partial charge in [-0.25, -0.2) is 0 Å². The average Bonchev–Trinajstić information content (AvgIpc) is 3.52. The van der Waals surface area contributed by atoms with Gasteiger partial charge >= 0.3 is 0 Å². The molecular formula is C57H41N. The molecule has 274 valence electrons. The number of rotatable bonds is 6. The average molecular weight is 740 g/mol. The number of anilines is 3. The van der Waals surface area contributed by atoms with Crippen molar-refractivity contribution in [2.75, 3.05) is 4.90 Å². The lowest BCUT2D eigenvalue weighted by Crippen LogP contribution is -2.14. The van der Waals surface area contributed by atoms with Crippen molar-refractivity contribution < 1.29 is 0 Å². The molecule has 1 nitrogen and oxygen atoms in total. The van der Waals surface area contributed by atoms with Gasteiger partial charge in [-0.1, -0.05) is 190 Å². The molecule has 10 aromatic rings. The van der Waals surface area contributed by atoms with Gasteiger partial charge in [0.1, 0.15) is 0 Å². The molecule has 1 aliphatic carbocycles. The van der Waals surface area contributed by atoms with Gasteiger partial charge in [0, 0.05) is 22.2 Å². The summed E-state index contributed by atoms with van der Waals surface area (Å²) in [5.74, 6) is 0. The Morgan fingerprint density at radius 3 is 1.69 bits per heavy atom. The summed E-state index contributed by atoms with van der Waals surface area (Å²) in [6.45, 7) is 4.72. The highest BCUT2D eigenvalue weighted by molar-refractivity contribution is 6.08. The molecule has 0 fully saturated rings. The first-order chi connectivity index (χ1) is 28.5. The van der Waals surface area contributed by atoms with Gasteiger partial charge in [0.2, 0.25) is 0 Å². The normalized spacial score (nSPS) is 12.8. The zero-order valence-corrected chi connectivity index (χ0v) is 32.7. The monoisotopic (exact) mass is 739 g/mol. The molecule has 0 aliphatic heterocycles. The van der Waals surface area contributed by atoms with Gasteiger partial charge < -0.3 is 4.90 Å². The summed E-state index contributed by atoms with van der Waals surface area (Å²) in [5, 5.41) is 7.46. The second-order valence-corrected chi connectivity index (χ2v) is 16.1. The minimum atomic E-state index is -0.0638. The first-order valence-corrected chi connectivity index (χ1v) is 20.3. The number of fused-ring (bicyclic) bond motifs is 6. The second kappa shape index (κ2) is 13.5. The molecule has 0 radical (unpaired) electrons. The van der Waals surface area contributed by atoms with Gasteiger partial charge in [-0.05, 0) is 119 Å². The highest BCUT2D eigenvalue weighted by Gasteiger charge is 2.36. The van der Waals surface area contributed by atoms with E-state index in [1.807, 2.05) is 0 Å². The molecule has 0 saturated carbocycles. The summed E-state index contributed by atoms with van der Waals surface area (Å²) in [7, 11) is 0. The minimum absolute atomic E-state index is 0.0638. The van der Waals surface area contributed by atoms with E-state index in [-0.39, 0.29) is 5.41 Å². The molecule has 0 N–H and O–H groups in total. The Balaban J connectivity index is 1.07. The summed E-state index contributed by atoms with van der Waals surface area (Å²) in [4.78, 5) is 2.43. The fourth-order valence-corrected chi connectivity index (χ4v) is 9.57. The van der Waals surface area contributed by atoms with Crippen molar-refractivity contribution in [2.24, 2.45) is 0 Å². The van der Waals surface area contributed by atoms with Crippen LogP contribution in [0.15, 0.2) is 212 Å². The Hall–Kier alpha value is -7.22. The lowest BCUT2D eigenvalue weighted by Gasteiger charge is -2.28. The third-order valence-electron chi connectivity index (χ3n) is 12.5. The molecular weight excluding hydrogens is 699 g/mol.